The standard InChI is InChI=1S/C15H16BFO6/c1-7(2)14(18)21-6-22-15(19)12-11(17)4-3-8-9-5-10(9)16(20)23-13(8)12/h3-4,7,9-10,20H,5-6H2,1-2H3/t9?,10-/m0/s1. The Morgan fingerprint density at radius 1 is 1.43 bits per heavy atom. The van der Waals surface area contributed by atoms with E-state index in [2.05, 4.69) is 0 Å². The first kappa shape index (κ1) is 15.8. The largest absolute Gasteiger partial charge is 0.535 e. The molecule has 6 nitrogen and oxygen atoms in total. The summed E-state index contributed by atoms with van der Waals surface area (Å²) in [6.07, 6.45) is 0.736. The Hall–Kier alpha value is -2.09. The molecule has 122 valence electrons. The fourth-order valence-electron chi connectivity index (χ4n) is 2.66. The molecule has 0 spiro atoms. The fraction of sp³-hybridized carbons (Fsp3) is 0.467. The monoisotopic (exact) mass is 322 g/mol. The van der Waals surface area contributed by atoms with Crippen LogP contribution in [0.25, 0.3) is 0 Å². The zero-order valence-corrected chi connectivity index (χ0v) is 12.7. The number of ether oxygens (including phenoxy) is 2. The molecule has 1 saturated carbocycles. The average molecular weight is 322 g/mol. The van der Waals surface area contributed by atoms with Gasteiger partial charge in [-0.1, -0.05) is 19.9 Å². The number of carbonyl (C=O) groups is 2. The van der Waals surface area contributed by atoms with E-state index in [1.807, 2.05) is 0 Å². The van der Waals surface area contributed by atoms with E-state index in [4.69, 9.17) is 14.1 Å². The van der Waals surface area contributed by atoms with Crippen LogP contribution in [-0.4, -0.2) is 30.9 Å². The van der Waals surface area contributed by atoms with Crippen molar-refractivity contribution in [2.24, 2.45) is 5.92 Å². The van der Waals surface area contributed by atoms with Crippen molar-refractivity contribution in [2.45, 2.75) is 32.0 Å². The Labute approximate surface area is 132 Å². The van der Waals surface area contributed by atoms with Crippen molar-refractivity contribution in [3.8, 4) is 5.75 Å². The molecule has 0 radical (unpaired) electrons. The number of benzene rings is 1. The molecule has 2 atom stereocenters. The Morgan fingerprint density at radius 3 is 2.87 bits per heavy atom. The summed E-state index contributed by atoms with van der Waals surface area (Å²) in [4.78, 5) is 23.4. The first-order chi connectivity index (χ1) is 10.9. The Bertz CT molecular complexity index is 662. The Kier molecular flexibility index (Phi) is 4.01. The van der Waals surface area contributed by atoms with E-state index < -0.39 is 31.7 Å². The molecular weight excluding hydrogens is 306 g/mol. The summed E-state index contributed by atoms with van der Waals surface area (Å²) in [7, 11) is -1.06. The van der Waals surface area contributed by atoms with Crippen molar-refractivity contribution in [1.29, 1.82) is 0 Å². The summed E-state index contributed by atoms with van der Waals surface area (Å²) >= 11 is 0. The lowest BCUT2D eigenvalue weighted by Crippen LogP contribution is -2.28. The molecular formula is C15H16BFO6. The SMILES string of the molecule is CC(C)C(=O)OCOC(=O)c1c(F)ccc2c1OB(O)[C@H]1CC21. The Morgan fingerprint density at radius 2 is 2.17 bits per heavy atom. The van der Waals surface area contributed by atoms with Gasteiger partial charge in [0.05, 0.1) is 5.92 Å². The molecule has 1 aliphatic heterocycles. The highest BCUT2D eigenvalue weighted by molar-refractivity contribution is 6.48. The summed E-state index contributed by atoms with van der Waals surface area (Å²) in [5.74, 6) is -2.63. The molecule has 1 unspecified atom stereocenters. The minimum atomic E-state index is -1.06. The van der Waals surface area contributed by atoms with Gasteiger partial charge in [-0.05, 0) is 24.0 Å². The summed E-state index contributed by atoms with van der Waals surface area (Å²) in [5.41, 5.74) is 0.306. The highest BCUT2D eigenvalue weighted by atomic mass is 19.1. The van der Waals surface area contributed by atoms with Gasteiger partial charge < -0.3 is 19.2 Å². The van der Waals surface area contributed by atoms with Crippen LogP contribution >= 0.6 is 0 Å². The summed E-state index contributed by atoms with van der Waals surface area (Å²) in [6, 6.07) is 2.72. The van der Waals surface area contributed by atoms with Crippen molar-refractivity contribution in [1.82, 2.24) is 0 Å². The van der Waals surface area contributed by atoms with Crippen LogP contribution in [0, 0.1) is 11.7 Å². The van der Waals surface area contributed by atoms with Gasteiger partial charge in [0.15, 0.2) is 0 Å². The number of carbonyl (C=O) groups excluding carboxylic acids is 2. The van der Waals surface area contributed by atoms with E-state index in [0.29, 0.717) is 5.56 Å². The number of fused-ring (bicyclic) bond motifs is 3. The number of halogens is 1. The van der Waals surface area contributed by atoms with Gasteiger partial charge in [-0.3, -0.25) is 4.79 Å². The third-order valence-electron chi connectivity index (χ3n) is 4.05. The predicted octanol–water partition coefficient (Wildman–Crippen LogP) is 1.87. The van der Waals surface area contributed by atoms with E-state index in [-0.39, 0.29) is 29.0 Å². The highest BCUT2D eigenvalue weighted by Crippen LogP contribution is 2.60. The van der Waals surface area contributed by atoms with Crippen molar-refractivity contribution in [2.75, 3.05) is 6.79 Å². The van der Waals surface area contributed by atoms with Gasteiger partial charge in [-0.15, -0.1) is 0 Å². The quantitative estimate of drug-likeness (QED) is 0.518. The van der Waals surface area contributed by atoms with Crippen LogP contribution in [-0.2, 0) is 14.3 Å². The van der Waals surface area contributed by atoms with Crippen molar-refractivity contribution < 1.29 is 33.1 Å². The first-order valence-corrected chi connectivity index (χ1v) is 7.41. The van der Waals surface area contributed by atoms with Gasteiger partial charge in [-0.2, -0.15) is 0 Å². The second kappa shape index (κ2) is 5.84. The third-order valence-corrected chi connectivity index (χ3v) is 4.05. The molecule has 0 bridgehead atoms. The zero-order valence-electron chi connectivity index (χ0n) is 12.7. The third kappa shape index (κ3) is 2.90. The van der Waals surface area contributed by atoms with Gasteiger partial charge in [0.2, 0.25) is 6.79 Å². The van der Waals surface area contributed by atoms with Crippen LogP contribution in [0.15, 0.2) is 12.1 Å². The molecule has 0 saturated heterocycles. The summed E-state index contributed by atoms with van der Waals surface area (Å²) in [6.45, 7) is 2.67. The molecule has 1 aromatic rings. The smallest absolute Gasteiger partial charge is 0.526 e. The maximum atomic E-state index is 14.0. The normalized spacial score (nSPS) is 21.2. The minimum Gasteiger partial charge on any atom is -0.535 e. The highest BCUT2D eigenvalue weighted by Gasteiger charge is 2.54. The number of rotatable bonds is 4. The van der Waals surface area contributed by atoms with Crippen molar-refractivity contribution >= 4 is 19.1 Å². The van der Waals surface area contributed by atoms with Crippen LogP contribution in [0.2, 0.25) is 5.82 Å². The van der Waals surface area contributed by atoms with Gasteiger partial charge in [0.1, 0.15) is 17.1 Å². The molecule has 3 rings (SSSR count). The van der Waals surface area contributed by atoms with E-state index >= 15 is 0 Å². The molecule has 1 aliphatic carbocycles. The lowest BCUT2D eigenvalue weighted by molar-refractivity contribution is -0.155. The summed E-state index contributed by atoms with van der Waals surface area (Å²) < 4.78 is 28.9. The van der Waals surface area contributed by atoms with Crippen molar-refractivity contribution in [3.05, 3.63) is 29.1 Å². The van der Waals surface area contributed by atoms with E-state index in [0.717, 1.165) is 6.42 Å². The van der Waals surface area contributed by atoms with Gasteiger partial charge in [0.25, 0.3) is 0 Å². The molecule has 0 amide bonds. The fourth-order valence-corrected chi connectivity index (χ4v) is 2.66. The molecule has 1 heterocycles. The first-order valence-electron chi connectivity index (χ1n) is 7.41. The lowest BCUT2D eigenvalue weighted by atomic mass is 9.77. The molecule has 8 heteroatoms. The molecule has 1 aromatic carbocycles. The maximum absolute atomic E-state index is 14.0. The average Bonchev–Trinajstić information content (AvgIpc) is 3.27. The maximum Gasteiger partial charge on any atom is 0.526 e. The molecule has 2 aliphatic rings. The number of esters is 2. The molecule has 0 aromatic heterocycles. The van der Waals surface area contributed by atoms with Crippen LogP contribution in [0.1, 0.15) is 42.1 Å². The topological polar surface area (TPSA) is 82.1 Å². The van der Waals surface area contributed by atoms with E-state index in [1.165, 1.54) is 6.07 Å². The number of hydrogen-bond acceptors (Lipinski definition) is 6. The Balaban J connectivity index is 1.76. The molecule has 23 heavy (non-hydrogen) atoms. The van der Waals surface area contributed by atoms with Crippen LogP contribution in [0.4, 0.5) is 4.39 Å². The molecule has 1 fully saturated rings. The minimum absolute atomic E-state index is 0.0103. The predicted molar refractivity (Wildman–Crippen MR) is 77.3 cm³/mol. The van der Waals surface area contributed by atoms with E-state index in [1.54, 1.807) is 19.9 Å². The van der Waals surface area contributed by atoms with Gasteiger partial charge >= 0.3 is 19.1 Å². The van der Waals surface area contributed by atoms with Gasteiger partial charge in [0, 0.05) is 5.82 Å². The summed E-state index contributed by atoms with van der Waals surface area (Å²) in [5, 5.41) is 9.81. The van der Waals surface area contributed by atoms with E-state index in [9.17, 15) is 19.0 Å². The zero-order chi connectivity index (χ0) is 16.7. The van der Waals surface area contributed by atoms with Crippen molar-refractivity contribution in [3.63, 3.8) is 0 Å². The lowest BCUT2D eigenvalue weighted by Gasteiger charge is -2.21. The van der Waals surface area contributed by atoms with Crippen LogP contribution in [0.5, 0.6) is 5.75 Å². The van der Waals surface area contributed by atoms with Gasteiger partial charge in [-0.25, -0.2) is 9.18 Å². The van der Waals surface area contributed by atoms with Crippen LogP contribution in [0.3, 0.4) is 0 Å². The second-order valence-corrected chi connectivity index (χ2v) is 6.02. The van der Waals surface area contributed by atoms with Crippen LogP contribution < -0.4 is 4.65 Å². The second-order valence-electron chi connectivity index (χ2n) is 6.02. The number of hydrogen-bond donors (Lipinski definition) is 1. The molecule has 1 N–H and O–H groups in total.